The summed E-state index contributed by atoms with van der Waals surface area (Å²) in [5, 5.41) is 4.63. The van der Waals surface area contributed by atoms with Gasteiger partial charge < -0.3 is 14.6 Å². The van der Waals surface area contributed by atoms with Crippen molar-refractivity contribution < 1.29 is 19.1 Å². The van der Waals surface area contributed by atoms with E-state index in [0.29, 0.717) is 36.6 Å². The van der Waals surface area contributed by atoms with Crippen LogP contribution in [-0.2, 0) is 33.8 Å². The molecule has 2 rings (SSSR count). The quantitative estimate of drug-likeness (QED) is 0.282. The predicted octanol–water partition coefficient (Wildman–Crippen LogP) is 1.44. The third-order valence-electron chi connectivity index (χ3n) is 5.23. The van der Waals surface area contributed by atoms with E-state index in [1.165, 1.54) is 4.57 Å². The molecular weight excluding hydrogens is 456 g/mol. The molecule has 2 aromatic rings. The largest absolute Gasteiger partial charge is 0.456 e. The maximum absolute atomic E-state index is 12.6. The summed E-state index contributed by atoms with van der Waals surface area (Å²) >= 11 is 0. The number of carbonyl (C=O) groups is 3. The van der Waals surface area contributed by atoms with Crippen molar-refractivity contribution >= 4 is 29.1 Å². The highest BCUT2D eigenvalue weighted by atomic mass is 16.5. The molecule has 0 unspecified atom stereocenters. The Balaban J connectivity index is 2.10. The number of unbranched alkanes of at least 4 members (excludes halogenated alkanes) is 2. The van der Waals surface area contributed by atoms with Crippen molar-refractivity contribution in [3.8, 4) is 0 Å². The number of fused-ring (bicyclic) bond motifs is 1. The van der Waals surface area contributed by atoms with Gasteiger partial charge in [-0.15, -0.1) is 0 Å². The molecule has 0 aromatic carbocycles. The Morgan fingerprint density at radius 1 is 1.09 bits per heavy atom. The van der Waals surface area contributed by atoms with Gasteiger partial charge in [0.25, 0.3) is 11.5 Å². The van der Waals surface area contributed by atoms with Gasteiger partial charge in [-0.3, -0.25) is 29.3 Å². The van der Waals surface area contributed by atoms with Crippen molar-refractivity contribution in [2.45, 2.75) is 79.3 Å². The number of hydrogen-bond acceptors (Lipinski definition) is 7. The van der Waals surface area contributed by atoms with Crippen LogP contribution < -0.4 is 21.9 Å². The van der Waals surface area contributed by atoms with Gasteiger partial charge in [0.1, 0.15) is 5.82 Å². The molecule has 0 aliphatic carbocycles. The average Bonchev–Trinajstić information content (AvgIpc) is 3.14. The summed E-state index contributed by atoms with van der Waals surface area (Å²) in [7, 11) is 0. The van der Waals surface area contributed by atoms with E-state index in [0.717, 1.165) is 25.7 Å². The lowest BCUT2D eigenvalue weighted by molar-refractivity contribution is -0.148. The third-order valence-corrected chi connectivity index (χ3v) is 5.23. The second-order valence-electron chi connectivity index (χ2n) is 8.79. The summed E-state index contributed by atoms with van der Waals surface area (Å²) in [5.41, 5.74) is -0.439. The monoisotopic (exact) mass is 492 g/mol. The van der Waals surface area contributed by atoms with E-state index in [-0.39, 0.29) is 18.8 Å². The number of esters is 1. The normalized spacial score (nSPS) is 11.1. The molecule has 0 radical (unpaired) electrons. The molecule has 0 aliphatic rings. The molecular formula is C23H36N6O6. The van der Waals surface area contributed by atoms with Gasteiger partial charge >= 0.3 is 17.7 Å². The Morgan fingerprint density at radius 2 is 1.80 bits per heavy atom. The van der Waals surface area contributed by atoms with Gasteiger partial charge in [0, 0.05) is 26.1 Å². The predicted molar refractivity (Wildman–Crippen MR) is 130 cm³/mol. The number of aryl methyl sites for hydroxylation is 2. The van der Waals surface area contributed by atoms with Gasteiger partial charge in [0.05, 0.1) is 6.42 Å². The zero-order chi connectivity index (χ0) is 26.0. The maximum Gasteiger partial charge on any atom is 0.330 e. The molecule has 12 nitrogen and oxygen atoms in total. The number of aromatic amines is 1. The van der Waals surface area contributed by atoms with E-state index in [9.17, 15) is 24.0 Å². The fourth-order valence-electron chi connectivity index (χ4n) is 3.51. The molecule has 0 saturated heterocycles. The Kier molecular flexibility index (Phi) is 10.7. The molecule has 2 aromatic heterocycles. The van der Waals surface area contributed by atoms with Crippen LogP contribution in [0.3, 0.4) is 0 Å². The minimum Gasteiger partial charge on any atom is -0.456 e. The number of nitrogens with zero attached hydrogens (tertiary/aromatic N) is 3. The van der Waals surface area contributed by atoms with E-state index in [1.54, 1.807) is 4.57 Å². The molecule has 2 heterocycles. The number of hydrogen-bond donors (Lipinski definition) is 3. The second kappa shape index (κ2) is 13.4. The average molecular weight is 493 g/mol. The van der Waals surface area contributed by atoms with E-state index >= 15 is 0 Å². The first-order valence-electron chi connectivity index (χ1n) is 12.1. The summed E-state index contributed by atoms with van der Waals surface area (Å²) < 4.78 is 8.17. The molecule has 0 spiro atoms. The lowest BCUT2D eigenvalue weighted by Gasteiger charge is -2.11. The van der Waals surface area contributed by atoms with E-state index in [1.807, 2.05) is 27.7 Å². The Morgan fingerprint density at radius 3 is 2.46 bits per heavy atom. The third kappa shape index (κ3) is 8.08. The smallest absolute Gasteiger partial charge is 0.330 e. The van der Waals surface area contributed by atoms with Crippen LogP contribution in [0, 0.1) is 5.92 Å². The fourth-order valence-corrected chi connectivity index (χ4v) is 3.51. The molecule has 3 N–H and O–H groups in total. The molecule has 35 heavy (non-hydrogen) atoms. The van der Waals surface area contributed by atoms with Crippen LogP contribution in [0.25, 0.3) is 11.2 Å². The number of ether oxygens (including phenoxy) is 1. The van der Waals surface area contributed by atoms with Gasteiger partial charge in [-0.2, -0.15) is 0 Å². The lowest BCUT2D eigenvalue weighted by Crippen LogP contribution is -2.41. The van der Waals surface area contributed by atoms with Crippen LogP contribution >= 0.6 is 0 Å². The Hall–Kier alpha value is -3.44. The Labute approximate surface area is 203 Å². The molecule has 0 saturated carbocycles. The highest BCUT2D eigenvalue weighted by Gasteiger charge is 2.20. The molecule has 3 amide bonds. The first-order chi connectivity index (χ1) is 16.7. The number of H-pyrrole nitrogens is 1. The minimum atomic E-state index is -0.731. The first-order valence-corrected chi connectivity index (χ1v) is 12.1. The standard InChI is InChI=1S/C23H36N6O6/c1-5-7-11-24-22(33)26-17(30)14-35-18(31)10-9-16-25-20-19(29(16)13-15(3)4)21(32)27-23(34)28(20)12-8-6-2/h15H,5-14H2,1-4H3,(H,27,32,34)(H2,24,26,30,33). The van der Waals surface area contributed by atoms with Crippen molar-refractivity contribution in [2.75, 3.05) is 13.2 Å². The van der Waals surface area contributed by atoms with Gasteiger partial charge in [-0.05, 0) is 18.8 Å². The SMILES string of the molecule is CCCCNC(=O)NC(=O)COC(=O)CCc1nc2c(c(=O)[nH]c(=O)n2CCCC)n1CC(C)C. The van der Waals surface area contributed by atoms with Crippen molar-refractivity contribution in [2.24, 2.45) is 5.92 Å². The molecule has 0 aliphatic heterocycles. The number of urea groups is 1. The minimum absolute atomic E-state index is 0.0888. The summed E-state index contributed by atoms with van der Waals surface area (Å²) in [5.74, 6) is -0.717. The number of imide groups is 1. The number of aromatic nitrogens is 4. The number of carbonyl (C=O) groups excluding carboxylic acids is 3. The zero-order valence-electron chi connectivity index (χ0n) is 20.9. The van der Waals surface area contributed by atoms with Crippen LogP contribution in [0.1, 0.15) is 65.6 Å². The van der Waals surface area contributed by atoms with Crippen LogP contribution in [0.5, 0.6) is 0 Å². The van der Waals surface area contributed by atoms with Crippen LogP contribution in [0.4, 0.5) is 4.79 Å². The highest BCUT2D eigenvalue weighted by Crippen LogP contribution is 2.16. The molecule has 12 heteroatoms. The fraction of sp³-hybridized carbons (Fsp3) is 0.652. The van der Waals surface area contributed by atoms with Gasteiger partial charge in [-0.1, -0.05) is 40.5 Å². The summed E-state index contributed by atoms with van der Waals surface area (Å²) in [6.45, 7) is 8.72. The molecule has 0 bridgehead atoms. The first kappa shape index (κ1) is 27.8. The van der Waals surface area contributed by atoms with E-state index in [2.05, 4.69) is 20.6 Å². The molecule has 0 atom stereocenters. The van der Waals surface area contributed by atoms with Crippen molar-refractivity contribution in [3.63, 3.8) is 0 Å². The van der Waals surface area contributed by atoms with Crippen molar-refractivity contribution in [1.82, 2.24) is 29.7 Å². The number of amides is 3. The Bertz CT molecular complexity index is 1150. The zero-order valence-corrected chi connectivity index (χ0v) is 20.9. The summed E-state index contributed by atoms with van der Waals surface area (Å²) in [4.78, 5) is 67.6. The van der Waals surface area contributed by atoms with Gasteiger partial charge in [0.2, 0.25) is 0 Å². The van der Waals surface area contributed by atoms with E-state index < -0.39 is 35.8 Å². The summed E-state index contributed by atoms with van der Waals surface area (Å²) in [6, 6.07) is -0.638. The molecule has 0 fully saturated rings. The number of rotatable bonds is 13. The van der Waals surface area contributed by atoms with Crippen LogP contribution in [-0.4, -0.2) is 50.2 Å². The highest BCUT2D eigenvalue weighted by molar-refractivity contribution is 5.95. The van der Waals surface area contributed by atoms with Gasteiger partial charge in [-0.25, -0.2) is 14.6 Å². The van der Waals surface area contributed by atoms with Gasteiger partial charge in [0.15, 0.2) is 17.8 Å². The number of nitrogens with one attached hydrogen (secondary N) is 3. The summed E-state index contributed by atoms with van der Waals surface area (Å²) in [6.07, 6.45) is 3.38. The topological polar surface area (TPSA) is 157 Å². The van der Waals surface area contributed by atoms with Crippen molar-refractivity contribution in [1.29, 1.82) is 0 Å². The van der Waals surface area contributed by atoms with E-state index in [4.69, 9.17) is 4.74 Å². The van der Waals surface area contributed by atoms with Crippen molar-refractivity contribution in [3.05, 3.63) is 26.7 Å². The molecule has 194 valence electrons. The maximum atomic E-state index is 12.6. The van der Waals surface area contributed by atoms with Crippen LogP contribution in [0.15, 0.2) is 9.59 Å². The lowest BCUT2D eigenvalue weighted by atomic mass is 10.2. The number of imidazole rings is 1. The second-order valence-corrected chi connectivity index (χ2v) is 8.79. The van der Waals surface area contributed by atoms with Crippen LogP contribution in [0.2, 0.25) is 0 Å².